The van der Waals surface area contributed by atoms with Crippen LogP contribution in [0.15, 0.2) is 17.0 Å². The standard InChI is InChI=1S/C5H8N2O.ClH/c6-2-1-5-3-7-4-8-5;/h3-4H,1-2,6H2;1H. The molecule has 0 saturated carbocycles. The molecule has 0 aliphatic heterocycles. The summed E-state index contributed by atoms with van der Waals surface area (Å²) in [6.45, 7) is 0.620. The zero-order valence-electron chi connectivity index (χ0n) is 4.91. The molecular formula is C5H9ClN2O. The minimum absolute atomic E-state index is 0. The number of rotatable bonds is 2. The van der Waals surface area contributed by atoms with E-state index in [2.05, 4.69) is 4.98 Å². The molecule has 0 aromatic carbocycles. The summed E-state index contributed by atoms with van der Waals surface area (Å²) in [6.07, 6.45) is 3.86. The second-order valence-electron chi connectivity index (χ2n) is 1.51. The summed E-state index contributed by atoms with van der Waals surface area (Å²) in [5, 5.41) is 0. The lowest BCUT2D eigenvalue weighted by Gasteiger charge is -1.84. The highest BCUT2D eigenvalue weighted by atomic mass is 35.5. The zero-order valence-corrected chi connectivity index (χ0v) is 5.73. The average Bonchev–Trinajstić information content (AvgIpc) is 2.19. The molecule has 2 N–H and O–H groups in total. The molecule has 0 fully saturated rings. The van der Waals surface area contributed by atoms with Gasteiger partial charge >= 0.3 is 0 Å². The summed E-state index contributed by atoms with van der Waals surface area (Å²) in [5.41, 5.74) is 5.23. The van der Waals surface area contributed by atoms with E-state index < -0.39 is 0 Å². The maximum absolute atomic E-state index is 5.23. The molecule has 0 aliphatic rings. The highest BCUT2D eigenvalue weighted by molar-refractivity contribution is 5.85. The lowest BCUT2D eigenvalue weighted by atomic mass is 10.4. The molecule has 0 spiro atoms. The minimum Gasteiger partial charge on any atom is -0.448 e. The Hall–Kier alpha value is -0.540. The molecule has 1 rings (SSSR count). The summed E-state index contributed by atoms with van der Waals surface area (Å²) in [7, 11) is 0. The van der Waals surface area contributed by atoms with E-state index in [1.54, 1.807) is 6.20 Å². The number of hydrogen-bond acceptors (Lipinski definition) is 3. The molecule has 0 atom stereocenters. The van der Waals surface area contributed by atoms with Crippen molar-refractivity contribution in [2.75, 3.05) is 6.54 Å². The van der Waals surface area contributed by atoms with Crippen molar-refractivity contribution >= 4 is 12.4 Å². The van der Waals surface area contributed by atoms with Crippen molar-refractivity contribution in [1.29, 1.82) is 0 Å². The summed E-state index contributed by atoms with van der Waals surface area (Å²) in [5.74, 6) is 0.854. The molecule has 9 heavy (non-hydrogen) atoms. The van der Waals surface area contributed by atoms with E-state index in [0.29, 0.717) is 6.54 Å². The number of nitrogens with zero attached hydrogens (tertiary/aromatic N) is 1. The minimum atomic E-state index is 0. The van der Waals surface area contributed by atoms with Crippen molar-refractivity contribution in [3.05, 3.63) is 18.4 Å². The first kappa shape index (κ1) is 8.46. The van der Waals surface area contributed by atoms with Crippen molar-refractivity contribution in [3.8, 4) is 0 Å². The van der Waals surface area contributed by atoms with Crippen molar-refractivity contribution in [1.82, 2.24) is 4.98 Å². The van der Waals surface area contributed by atoms with Gasteiger partial charge in [0.1, 0.15) is 5.76 Å². The number of aromatic nitrogens is 1. The maximum atomic E-state index is 5.23. The predicted octanol–water partition coefficient (Wildman–Crippen LogP) is 0.598. The molecule has 0 saturated heterocycles. The first-order valence-electron chi connectivity index (χ1n) is 2.51. The van der Waals surface area contributed by atoms with Gasteiger partial charge in [-0.3, -0.25) is 0 Å². The van der Waals surface area contributed by atoms with E-state index in [1.165, 1.54) is 6.39 Å². The predicted molar refractivity (Wildman–Crippen MR) is 36.5 cm³/mol. The molecule has 3 nitrogen and oxygen atoms in total. The van der Waals surface area contributed by atoms with E-state index in [4.69, 9.17) is 10.2 Å². The average molecular weight is 149 g/mol. The van der Waals surface area contributed by atoms with Gasteiger partial charge < -0.3 is 10.2 Å². The summed E-state index contributed by atoms with van der Waals surface area (Å²) < 4.78 is 4.88. The first-order valence-corrected chi connectivity index (χ1v) is 2.51. The van der Waals surface area contributed by atoms with Gasteiger partial charge in [0.15, 0.2) is 6.39 Å². The van der Waals surface area contributed by atoms with E-state index in [1.807, 2.05) is 0 Å². The van der Waals surface area contributed by atoms with Gasteiger partial charge in [-0.1, -0.05) is 0 Å². The van der Waals surface area contributed by atoms with Gasteiger partial charge in [-0.05, 0) is 6.54 Å². The number of nitrogens with two attached hydrogens (primary N) is 1. The molecule has 0 aliphatic carbocycles. The first-order chi connectivity index (χ1) is 3.93. The zero-order chi connectivity index (χ0) is 5.82. The van der Waals surface area contributed by atoms with Crippen LogP contribution in [0, 0.1) is 0 Å². The van der Waals surface area contributed by atoms with Crippen LogP contribution in [-0.4, -0.2) is 11.5 Å². The number of oxazole rings is 1. The van der Waals surface area contributed by atoms with E-state index in [-0.39, 0.29) is 12.4 Å². The Balaban J connectivity index is 0.000000640. The SMILES string of the molecule is Cl.NCCc1cnco1. The molecule has 0 unspecified atom stereocenters. The number of hydrogen-bond donors (Lipinski definition) is 1. The molecule has 0 amide bonds. The molecule has 1 heterocycles. The van der Waals surface area contributed by atoms with Crippen LogP contribution in [0.1, 0.15) is 5.76 Å². The Morgan fingerprint density at radius 3 is 2.89 bits per heavy atom. The van der Waals surface area contributed by atoms with Crippen LogP contribution >= 0.6 is 12.4 Å². The smallest absolute Gasteiger partial charge is 0.180 e. The molecule has 1 aromatic rings. The Labute approximate surface area is 59.7 Å². The van der Waals surface area contributed by atoms with Gasteiger partial charge in [0.2, 0.25) is 0 Å². The fourth-order valence-corrected chi connectivity index (χ4v) is 0.508. The fraction of sp³-hybridized carbons (Fsp3) is 0.400. The Morgan fingerprint density at radius 2 is 2.44 bits per heavy atom. The topological polar surface area (TPSA) is 52.0 Å². The molecular weight excluding hydrogens is 140 g/mol. The van der Waals surface area contributed by atoms with Gasteiger partial charge in [-0.2, -0.15) is 0 Å². The van der Waals surface area contributed by atoms with Crippen molar-refractivity contribution in [3.63, 3.8) is 0 Å². The normalized spacial score (nSPS) is 8.56. The lowest BCUT2D eigenvalue weighted by Crippen LogP contribution is -2.01. The van der Waals surface area contributed by atoms with Gasteiger partial charge in [0.25, 0.3) is 0 Å². The Bertz CT molecular complexity index is 141. The maximum Gasteiger partial charge on any atom is 0.180 e. The molecule has 0 radical (unpaired) electrons. The third-order valence-electron chi connectivity index (χ3n) is 0.874. The van der Waals surface area contributed by atoms with Crippen LogP contribution in [0.3, 0.4) is 0 Å². The van der Waals surface area contributed by atoms with Gasteiger partial charge in [0.05, 0.1) is 6.20 Å². The third kappa shape index (κ3) is 2.49. The summed E-state index contributed by atoms with van der Waals surface area (Å²) in [4.78, 5) is 3.72. The largest absolute Gasteiger partial charge is 0.448 e. The summed E-state index contributed by atoms with van der Waals surface area (Å²) in [6, 6.07) is 0. The van der Waals surface area contributed by atoms with Crippen LogP contribution in [0.4, 0.5) is 0 Å². The van der Waals surface area contributed by atoms with Crippen molar-refractivity contribution in [2.24, 2.45) is 5.73 Å². The second-order valence-corrected chi connectivity index (χ2v) is 1.51. The second kappa shape index (κ2) is 4.35. The molecule has 0 bridgehead atoms. The Morgan fingerprint density at radius 1 is 1.67 bits per heavy atom. The van der Waals surface area contributed by atoms with E-state index in [9.17, 15) is 0 Å². The van der Waals surface area contributed by atoms with Crippen molar-refractivity contribution < 1.29 is 4.42 Å². The van der Waals surface area contributed by atoms with Crippen LogP contribution < -0.4 is 5.73 Å². The van der Waals surface area contributed by atoms with Gasteiger partial charge in [-0.25, -0.2) is 4.98 Å². The number of halogens is 1. The van der Waals surface area contributed by atoms with Crippen LogP contribution in [0.2, 0.25) is 0 Å². The lowest BCUT2D eigenvalue weighted by molar-refractivity contribution is 0.505. The van der Waals surface area contributed by atoms with E-state index >= 15 is 0 Å². The Kier molecular flexibility index (Phi) is 4.09. The monoisotopic (exact) mass is 148 g/mol. The fourth-order valence-electron chi connectivity index (χ4n) is 0.508. The quantitative estimate of drug-likeness (QED) is 0.668. The van der Waals surface area contributed by atoms with Crippen LogP contribution in [0.25, 0.3) is 0 Å². The van der Waals surface area contributed by atoms with Gasteiger partial charge in [-0.15, -0.1) is 12.4 Å². The third-order valence-corrected chi connectivity index (χ3v) is 0.874. The van der Waals surface area contributed by atoms with Crippen molar-refractivity contribution in [2.45, 2.75) is 6.42 Å². The van der Waals surface area contributed by atoms with Gasteiger partial charge in [0, 0.05) is 6.42 Å². The summed E-state index contributed by atoms with van der Waals surface area (Å²) >= 11 is 0. The van der Waals surface area contributed by atoms with E-state index in [0.717, 1.165) is 12.2 Å². The molecule has 52 valence electrons. The van der Waals surface area contributed by atoms with Crippen LogP contribution in [-0.2, 0) is 6.42 Å². The van der Waals surface area contributed by atoms with Crippen LogP contribution in [0.5, 0.6) is 0 Å². The highest BCUT2D eigenvalue weighted by Crippen LogP contribution is 1.94. The highest BCUT2D eigenvalue weighted by Gasteiger charge is 1.90. The molecule has 4 heteroatoms. The molecule has 1 aromatic heterocycles.